The number of rotatable bonds is 3. The van der Waals surface area contributed by atoms with Crippen LogP contribution in [0.2, 0.25) is 0 Å². The largest absolute Gasteiger partial charge is 0.350 e. The molecule has 1 aromatic heterocycles. The first-order valence-corrected chi connectivity index (χ1v) is 11.2. The van der Waals surface area contributed by atoms with Crippen molar-refractivity contribution < 1.29 is 9.59 Å². The van der Waals surface area contributed by atoms with Crippen LogP contribution >= 0.6 is 11.8 Å². The average molecular weight is 392 g/mol. The normalized spacial score (nSPS) is 21.5. The van der Waals surface area contributed by atoms with Gasteiger partial charge in [-0.1, -0.05) is 19.3 Å². The van der Waals surface area contributed by atoms with Crippen molar-refractivity contribution >= 4 is 23.6 Å². The second-order valence-electron chi connectivity index (χ2n) is 8.98. The van der Waals surface area contributed by atoms with Crippen molar-refractivity contribution in [1.29, 1.82) is 0 Å². The van der Waals surface area contributed by atoms with E-state index in [0.29, 0.717) is 17.7 Å². The Balaban J connectivity index is 1.82. The van der Waals surface area contributed by atoms with Crippen LogP contribution in [-0.4, -0.2) is 44.5 Å². The van der Waals surface area contributed by atoms with Crippen LogP contribution in [0.25, 0.3) is 0 Å². The summed E-state index contributed by atoms with van der Waals surface area (Å²) in [4.78, 5) is 27.8. The molecule has 1 unspecified atom stereocenters. The van der Waals surface area contributed by atoms with Crippen molar-refractivity contribution in [2.24, 2.45) is 0 Å². The third kappa shape index (κ3) is 4.36. The van der Waals surface area contributed by atoms with E-state index < -0.39 is 0 Å². The topological polar surface area (TPSA) is 54.3 Å². The van der Waals surface area contributed by atoms with Gasteiger partial charge in [-0.2, -0.15) is 0 Å². The van der Waals surface area contributed by atoms with Crippen LogP contribution in [0.15, 0.2) is 6.07 Å². The summed E-state index contributed by atoms with van der Waals surface area (Å²) in [6.45, 7) is 10.1. The molecule has 1 aliphatic carbocycles. The van der Waals surface area contributed by atoms with Crippen molar-refractivity contribution in [3.8, 4) is 0 Å². The van der Waals surface area contributed by atoms with Gasteiger partial charge in [-0.15, -0.1) is 11.8 Å². The first-order chi connectivity index (χ1) is 12.7. The van der Waals surface area contributed by atoms with Crippen molar-refractivity contribution in [3.05, 3.63) is 23.0 Å². The summed E-state index contributed by atoms with van der Waals surface area (Å²) in [5.74, 6) is 1.18. The maximum Gasteiger partial charge on any atom is 0.257 e. The van der Waals surface area contributed by atoms with Crippen molar-refractivity contribution in [1.82, 2.24) is 14.8 Å². The molecular formula is C21H33N3O2S. The fourth-order valence-corrected chi connectivity index (χ4v) is 5.52. The Labute approximate surface area is 167 Å². The molecule has 1 saturated heterocycles. The standard InChI is InChI=1S/C21H33N3O2S/c1-14-11-17(15(2)24(14)16-9-7-6-8-10-16)20(26)23-13-27-12-18(23)19(25)22-21(3,4)5/h11,16,18H,6-10,12-13H2,1-5H3,(H,22,25). The number of aromatic nitrogens is 1. The highest BCUT2D eigenvalue weighted by Crippen LogP contribution is 2.33. The third-order valence-corrected chi connectivity index (χ3v) is 6.61. The zero-order valence-electron chi connectivity index (χ0n) is 17.3. The van der Waals surface area contributed by atoms with Crippen LogP contribution in [0, 0.1) is 13.8 Å². The molecule has 0 aromatic carbocycles. The van der Waals surface area contributed by atoms with Crippen LogP contribution in [0.5, 0.6) is 0 Å². The summed E-state index contributed by atoms with van der Waals surface area (Å²) < 4.78 is 2.36. The SMILES string of the molecule is Cc1cc(C(=O)N2CSCC2C(=O)NC(C)(C)C)c(C)n1C1CCCCC1. The molecule has 3 rings (SSSR count). The molecule has 27 heavy (non-hydrogen) atoms. The quantitative estimate of drug-likeness (QED) is 0.846. The highest BCUT2D eigenvalue weighted by Gasteiger charge is 2.37. The summed E-state index contributed by atoms with van der Waals surface area (Å²) in [5, 5.41) is 3.03. The average Bonchev–Trinajstić information content (AvgIpc) is 3.18. The molecule has 0 radical (unpaired) electrons. The van der Waals surface area contributed by atoms with Gasteiger partial charge in [0.05, 0.1) is 11.4 Å². The number of hydrogen-bond donors (Lipinski definition) is 1. The lowest BCUT2D eigenvalue weighted by Crippen LogP contribution is -2.52. The maximum absolute atomic E-state index is 13.3. The van der Waals surface area contributed by atoms with Crippen LogP contribution in [0.3, 0.4) is 0 Å². The molecule has 150 valence electrons. The minimum absolute atomic E-state index is 0.00998. The van der Waals surface area contributed by atoms with Crippen LogP contribution < -0.4 is 5.32 Å². The van der Waals surface area contributed by atoms with Gasteiger partial charge in [0.1, 0.15) is 6.04 Å². The lowest BCUT2D eigenvalue weighted by atomic mass is 9.95. The Morgan fingerprint density at radius 1 is 1.15 bits per heavy atom. The predicted molar refractivity (Wildman–Crippen MR) is 111 cm³/mol. The van der Waals surface area contributed by atoms with E-state index in [1.165, 1.54) is 32.1 Å². The van der Waals surface area contributed by atoms with Gasteiger partial charge in [0.2, 0.25) is 5.91 Å². The van der Waals surface area contributed by atoms with E-state index in [2.05, 4.69) is 23.7 Å². The molecule has 0 spiro atoms. The lowest BCUT2D eigenvalue weighted by Gasteiger charge is -2.28. The highest BCUT2D eigenvalue weighted by molar-refractivity contribution is 7.99. The van der Waals surface area contributed by atoms with Gasteiger partial charge in [0.25, 0.3) is 5.91 Å². The molecule has 1 aliphatic heterocycles. The molecule has 6 heteroatoms. The molecule has 2 fully saturated rings. The van der Waals surface area contributed by atoms with Gasteiger partial charge < -0.3 is 14.8 Å². The van der Waals surface area contributed by atoms with E-state index in [0.717, 1.165) is 17.0 Å². The summed E-state index contributed by atoms with van der Waals surface area (Å²) in [7, 11) is 0. The molecule has 2 aliphatic rings. The maximum atomic E-state index is 13.3. The minimum atomic E-state index is -0.389. The number of nitrogens with zero attached hydrogens (tertiary/aromatic N) is 2. The smallest absolute Gasteiger partial charge is 0.257 e. The number of carbonyl (C=O) groups excluding carboxylic acids is 2. The van der Waals surface area contributed by atoms with E-state index in [1.807, 2.05) is 26.8 Å². The third-order valence-electron chi connectivity index (χ3n) is 5.60. The summed E-state index contributed by atoms with van der Waals surface area (Å²) in [6.07, 6.45) is 6.24. The molecule has 1 atom stereocenters. The number of aryl methyl sites for hydroxylation is 1. The van der Waals surface area contributed by atoms with E-state index in [4.69, 9.17) is 0 Å². The van der Waals surface area contributed by atoms with E-state index in [9.17, 15) is 9.59 Å². The second kappa shape index (κ2) is 7.90. The zero-order chi connectivity index (χ0) is 19.8. The molecule has 2 amide bonds. The van der Waals surface area contributed by atoms with Crippen LogP contribution in [0.1, 0.15) is 80.7 Å². The van der Waals surface area contributed by atoms with Gasteiger partial charge in [-0.25, -0.2) is 0 Å². The van der Waals surface area contributed by atoms with Gasteiger partial charge in [-0.05, 0) is 53.5 Å². The fraction of sp³-hybridized carbons (Fsp3) is 0.714. The monoisotopic (exact) mass is 391 g/mol. The molecule has 1 N–H and O–H groups in total. The summed E-state index contributed by atoms with van der Waals surface area (Å²) >= 11 is 1.65. The van der Waals surface area contributed by atoms with Gasteiger partial charge in [0, 0.05) is 28.7 Å². The molecule has 2 heterocycles. The second-order valence-corrected chi connectivity index (χ2v) is 9.98. The van der Waals surface area contributed by atoms with E-state index in [-0.39, 0.29) is 23.4 Å². The summed E-state index contributed by atoms with van der Waals surface area (Å²) in [6, 6.07) is 2.14. The Morgan fingerprint density at radius 2 is 1.81 bits per heavy atom. The van der Waals surface area contributed by atoms with Crippen LogP contribution in [0.4, 0.5) is 0 Å². The minimum Gasteiger partial charge on any atom is -0.350 e. The Hall–Kier alpha value is -1.43. The predicted octanol–water partition coefficient (Wildman–Crippen LogP) is 4.04. The van der Waals surface area contributed by atoms with E-state index >= 15 is 0 Å². The number of hydrogen-bond acceptors (Lipinski definition) is 3. The number of carbonyl (C=O) groups is 2. The summed E-state index contributed by atoms with van der Waals surface area (Å²) in [5.41, 5.74) is 2.67. The molecule has 0 bridgehead atoms. The first-order valence-electron chi connectivity index (χ1n) is 10.1. The molecular weight excluding hydrogens is 358 g/mol. The first kappa shape index (κ1) is 20.3. The van der Waals surface area contributed by atoms with E-state index in [1.54, 1.807) is 16.7 Å². The fourth-order valence-electron chi connectivity index (χ4n) is 4.36. The Bertz CT molecular complexity index is 714. The van der Waals surface area contributed by atoms with Crippen molar-refractivity contribution in [2.45, 2.75) is 84.3 Å². The Kier molecular flexibility index (Phi) is 5.94. The van der Waals surface area contributed by atoms with Crippen molar-refractivity contribution in [3.63, 3.8) is 0 Å². The van der Waals surface area contributed by atoms with Crippen LogP contribution in [-0.2, 0) is 4.79 Å². The Morgan fingerprint density at radius 3 is 2.44 bits per heavy atom. The van der Waals surface area contributed by atoms with Gasteiger partial charge >= 0.3 is 0 Å². The van der Waals surface area contributed by atoms with Gasteiger partial charge in [0.15, 0.2) is 0 Å². The zero-order valence-corrected chi connectivity index (χ0v) is 18.1. The van der Waals surface area contributed by atoms with Crippen molar-refractivity contribution in [2.75, 3.05) is 11.6 Å². The lowest BCUT2D eigenvalue weighted by molar-refractivity contribution is -0.125. The number of amides is 2. The molecule has 5 nitrogen and oxygen atoms in total. The number of nitrogens with one attached hydrogen (secondary N) is 1. The highest BCUT2D eigenvalue weighted by atomic mass is 32.2. The molecule has 1 aromatic rings. The number of thioether (sulfide) groups is 1. The van der Waals surface area contributed by atoms with Gasteiger partial charge in [-0.3, -0.25) is 9.59 Å². The molecule has 1 saturated carbocycles.